The largest absolute Gasteiger partial charge is 0.472 e. The minimum absolute atomic E-state index is 0.0697. The monoisotopic (exact) mass is 621 g/mol. The Morgan fingerprint density at radius 1 is 0.667 bits per heavy atom. The van der Waals surface area contributed by atoms with E-state index in [0.717, 1.165) is 19.3 Å². The van der Waals surface area contributed by atoms with Gasteiger partial charge in [0.1, 0.15) is 12.7 Å². The van der Waals surface area contributed by atoms with Crippen molar-refractivity contribution in [2.45, 2.75) is 168 Å². The van der Waals surface area contributed by atoms with Gasteiger partial charge in [-0.3, -0.25) is 18.6 Å². The van der Waals surface area contributed by atoms with Crippen LogP contribution >= 0.6 is 7.82 Å². The highest BCUT2D eigenvalue weighted by Crippen LogP contribution is 2.42. The first-order valence-electron chi connectivity index (χ1n) is 17.0. The number of phosphoric ester groups is 1. The lowest BCUT2D eigenvalue weighted by Crippen LogP contribution is -2.26. The molecule has 0 radical (unpaired) electrons. The molecule has 0 rings (SSSR count). The molecule has 10 heteroatoms. The summed E-state index contributed by atoms with van der Waals surface area (Å²) in [7, 11) is -4.37. The molecule has 250 valence electrons. The number of hydrogen-bond donors (Lipinski definition) is 3. The number of rotatable bonds is 32. The number of carbonyl (C=O) groups excluding carboxylic acids is 2. The molecule has 9 nitrogen and oxygen atoms in total. The third-order valence-corrected chi connectivity index (χ3v) is 8.34. The van der Waals surface area contributed by atoms with Crippen LogP contribution < -0.4 is 5.32 Å². The van der Waals surface area contributed by atoms with Crippen LogP contribution in [-0.2, 0) is 27.9 Å². The van der Waals surface area contributed by atoms with Gasteiger partial charge < -0.3 is 20.1 Å². The normalized spacial score (nSPS) is 13.5. The Morgan fingerprint density at radius 3 is 1.52 bits per heavy atom. The number of nitrogens with one attached hydrogen (secondary N) is 1. The molecule has 1 amide bonds. The molecule has 0 aromatic rings. The molecule has 0 spiro atoms. The molecule has 0 saturated heterocycles. The van der Waals surface area contributed by atoms with Gasteiger partial charge in [0.15, 0.2) is 0 Å². The molecular formula is C32H64NO8P. The predicted octanol–water partition coefficient (Wildman–Crippen LogP) is 8.15. The number of carbonyl (C=O) groups is 2. The van der Waals surface area contributed by atoms with E-state index in [1.54, 1.807) is 6.92 Å². The zero-order valence-corrected chi connectivity index (χ0v) is 27.9. The van der Waals surface area contributed by atoms with Crippen LogP contribution in [-0.4, -0.2) is 54.3 Å². The Morgan fingerprint density at radius 2 is 1.10 bits per heavy atom. The molecule has 0 bridgehead atoms. The van der Waals surface area contributed by atoms with Crippen molar-refractivity contribution in [3.63, 3.8) is 0 Å². The lowest BCUT2D eigenvalue weighted by Gasteiger charge is -2.15. The molecule has 0 aromatic heterocycles. The number of unbranched alkanes of at least 4 members (excludes halogenated alkanes) is 20. The van der Waals surface area contributed by atoms with Gasteiger partial charge >= 0.3 is 13.8 Å². The topological polar surface area (TPSA) is 131 Å². The predicted molar refractivity (Wildman–Crippen MR) is 169 cm³/mol. The maximum Gasteiger partial charge on any atom is 0.472 e. The van der Waals surface area contributed by atoms with Crippen LogP contribution in [0.25, 0.3) is 0 Å². The average molecular weight is 622 g/mol. The molecule has 0 saturated carbocycles. The van der Waals surface area contributed by atoms with E-state index in [4.69, 9.17) is 13.8 Å². The first-order chi connectivity index (χ1) is 20.3. The van der Waals surface area contributed by atoms with E-state index in [9.17, 15) is 24.2 Å². The highest BCUT2D eigenvalue weighted by Gasteiger charge is 2.23. The summed E-state index contributed by atoms with van der Waals surface area (Å²) in [5, 5.41) is 12.3. The van der Waals surface area contributed by atoms with Gasteiger partial charge in [-0.25, -0.2) is 4.57 Å². The maximum absolute atomic E-state index is 11.9. The number of phosphoric acid groups is 1. The molecule has 0 aliphatic rings. The second-order valence-corrected chi connectivity index (χ2v) is 12.9. The van der Waals surface area contributed by atoms with Gasteiger partial charge in [0.2, 0.25) is 5.91 Å². The first kappa shape index (κ1) is 41.0. The SMILES string of the molecule is CCCCCCCCCCCCCCCCCCCCCCCC(=O)OCC(O)COP(=O)(O)OCCNC(=O)CC. The number of aliphatic hydroxyl groups excluding tert-OH is 1. The van der Waals surface area contributed by atoms with Crippen LogP contribution in [0.2, 0.25) is 0 Å². The minimum atomic E-state index is -4.37. The fourth-order valence-electron chi connectivity index (χ4n) is 4.70. The number of ether oxygens (including phenoxy) is 1. The van der Waals surface area contributed by atoms with Crippen molar-refractivity contribution in [1.82, 2.24) is 5.32 Å². The summed E-state index contributed by atoms with van der Waals surface area (Å²) >= 11 is 0. The van der Waals surface area contributed by atoms with E-state index in [1.165, 1.54) is 116 Å². The minimum Gasteiger partial charge on any atom is -0.463 e. The van der Waals surface area contributed by atoms with E-state index in [2.05, 4.69) is 12.2 Å². The molecule has 0 fully saturated rings. The van der Waals surface area contributed by atoms with Crippen molar-refractivity contribution in [2.24, 2.45) is 0 Å². The molecule has 3 N–H and O–H groups in total. The molecule has 2 unspecified atom stereocenters. The summed E-state index contributed by atoms with van der Waals surface area (Å²) < 4.78 is 26.2. The zero-order chi connectivity index (χ0) is 31.2. The van der Waals surface area contributed by atoms with Crippen LogP contribution in [0.1, 0.15) is 162 Å². The van der Waals surface area contributed by atoms with Gasteiger partial charge in [0.25, 0.3) is 0 Å². The molecule has 0 aliphatic carbocycles. The van der Waals surface area contributed by atoms with Crippen molar-refractivity contribution >= 4 is 19.7 Å². The third-order valence-electron chi connectivity index (χ3n) is 7.35. The second-order valence-electron chi connectivity index (χ2n) is 11.5. The molecule has 0 heterocycles. The number of amides is 1. The number of aliphatic hydroxyl groups is 1. The van der Waals surface area contributed by atoms with Gasteiger partial charge in [0.05, 0.1) is 13.2 Å². The van der Waals surface area contributed by atoms with E-state index in [-0.39, 0.29) is 32.1 Å². The van der Waals surface area contributed by atoms with Gasteiger partial charge in [0, 0.05) is 19.4 Å². The number of hydrogen-bond acceptors (Lipinski definition) is 7. The lowest BCUT2D eigenvalue weighted by molar-refractivity contribution is -0.147. The fraction of sp³-hybridized carbons (Fsp3) is 0.938. The maximum atomic E-state index is 11.9. The highest BCUT2D eigenvalue weighted by molar-refractivity contribution is 7.47. The van der Waals surface area contributed by atoms with E-state index in [1.807, 2.05) is 0 Å². The average Bonchev–Trinajstić information content (AvgIpc) is 2.97. The van der Waals surface area contributed by atoms with Gasteiger partial charge in [-0.05, 0) is 6.42 Å². The van der Waals surface area contributed by atoms with E-state index in [0.29, 0.717) is 6.42 Å². The summed E-state index contributed by atoms with van der Waals surface area (Å²) in [6, 6.07) is 0. The number of esters is 1. The Labute approximate surface area is 256 Å². The quantitative estimate of drug-likeness (QED) is 0.0390. The first-order valence-corrected chi connectivity index (χ1v) is 18.5. The van der Waals surface area contributed by atoms with Crippen LogP contribution in [0.5, 0.6) is 0 Å². The van der Waals surface area contributed by atoms with E-state index < -0.39 is 26.5 Å². The fourth-order valence-corrected chi connectivity index (χ4v) is 5.46. The Kier molecular flexibility index (Phi) is 29.3. The van der Waals surface area contributed by atoms with Crippen LogP contribution in [0.3, 0.4) is 0 Å². The van der Waals surface area contributed by atoms with Crippen LogP contribution in [0.4, 0.5) is 0 Å². The Hall–Kier alpha value is -0.990. The molecule has 0 aliphatic heterocycles. The zero-order valence-electron chi connectivity index (χ0n) is 27.0. The Bertz CT molecular complexity index is 679. The summed E-state index contributed by atoms with van der Waals surface area (Å²) in [5.74, 6) is -0.600. The van der Waals surface area contributed by atoms with Crippen LogP contribution in [0.15, 0.2) is 0 Å². The summed E-state index contributed by atoms with van der Waals surface area (Å²) in [6.45, 7) is 3.00. The van der Waals surface area contributed by atoms with Crippen molar-refractivity contribution in [2.75, 3.05) is 26.4 Å². The van der Waals surface area contributed by atoms with Gasteiger partial charge in [-0.1, -0.05) is 142 Å². The standard InChI is InChI=1S/C32H64NO8P/c1-3-5-6-7-8-9-10-11-12-13-14-15-16-17-18-19-20-21-22-23-24-25-32(36)39-28-30(34)29-41-42(37,38)40-27-26-33-31(35)4-2/h30,34H,3-29H2,1-2H3,(H,33,35)(H,37,38). The molecule has 42 heavy (non-hydrogen) atoms. The summed E-state index contributed by atoms with van der Waals surface area (Å²) in [4.78, 5) is 32.5. The lowest BCUT2D eigenvalue weighted by atomic mass is 10.0. The van der Waals surface area contributed by atoms with E-state index >= 15 is 0 Å². The Balaban J connectivity index is 3.42. The van der Waals surface area contributed by atoms with Crippen LogP contribution in [0, 0.1) is 0 Å². The highest BCUT2D eigenvalue weighted by atomic mass is 31.2. The van der Waals surface area contributed by atoms with Crippen molar-refractivity contribution in [3.8, 4) is 0 Å². The summed E-state index contributed by atoms with van der Waals surface area (Å²) in [6.07, 6.45) is 26.9. The third kappa shape index (κ3) is 30.5. The van der Waals surface area contributed by atoms with Gasteiger partial charge in [-0.15, -0.1) is 0 Å². The molecular weight excluding hydrogens is 557 g/mol. The van der Waals surface area contributed by atoms with Crippen molar-refractivity contribution in [3.05, 3.63) is 0 Å². The molecule has 0 aromatic carbocycles. The molecule has 2 atom stereocenters. The van der Waals surface area contributed by atoms with Crippen molar-refractivity contribution < 1.29 is 37.9 Å². The summed E-state index contributed by atoms with van der Waals surface area (Å²) in [5.41, 5.74) is 0. The van der Waals surface area contributed by atoms with Crippen molar-refractivity contribution in [1.29, 1.82) is 0 Å². The smallest absolute Gasteiger partial charge is 0.463 e. The second kappa shape index (κ2) is 30.1. The van der Waals surface area contributed by atoms with Gasteiger partial charge in [-0.2, -0.15) is 0 Å².